The molecule has 0 bridgehead atoms. The van der Waals surface area contributed by atoms with Gasteiger partial charge in [0.1, 0.15) is 18.1 Å². The SMILES string of the molecule is O=C1C(=Cc2ccccc2)Oc2cc(OCc3cccc(Cl)c3)ccc21. The summed E-state index contributed by atoms with van der Waals surface area (Å²) in [5.41, 5.74) is 2.43. The number of halogens is 1. The van der Waals surface area contributed by atoms with Crippen molar-refractivity contribution in [3.05, 3.63) is 100 Å². The molecule has 0 N–H and O–H groups in total. The van der Waals surface area contributed by atoms with Crippen LogP contribution in [0.1, 0.15) is 21.5 Å². The first-order valence-electron chi connectivity index (χ1n) is 8.20. The molecule has 0 atom stereocenters. The lowest BCUT2D eigenvalue weighted by atomic mass is 10.1. The van der Waals surface area contributed by atoms with Crippen LogP contribution in [0.15, 0.2) is 78.6 Å². The molecule has 3 nitrogen and oxygen atoms in total. The zero-order valence-corrected chi connectivity index (χ0v) is 14.6. The molecule has 0 saturated carbocycles. The van der Waals surface area contributed by atoms with Crippen LogP contribution in [0.25, 0.3) is 6.08 Å². The lowest BCUT2D eigenvalue weighted by Gasteiger charge is -2.07. The summed E-state index contributed by atoms with van der Waals surface area (Å²) in [5.74, 6) is 1.35. The molecular formula is C22H15ClO3. The molecule has 128 valence electrons. The van der Waals surface area contributed by atoms with Gasteiger partial charge in [0.25, 0.3) is 0 Å². The molecule has 4 rings (SSSR count). The molecule has 0 spiro atoms. The van der Waals surface area contributed by atoms with E-state index in [1.165, 1.54) is 0 Å². The number of fused-ring (bicyclic) bond motifs is 1. The van der Waals surface area contributed by atoms with E-state index in [1.54, 1.807) is 24.3 Å². The van der Waals surface area contributed by atoms with Gasteiger partial charge in [-0.3, -0.25) is 4.79 Å². The molecule has 3 aromatic rings. The maximum Gasteiger partial charge on any atom is 0.231 e. The quantitative estimate of drug-likeness (QED) is 0.572. The molecule has 1 heterocycles. The first kappa shape index (κ1) is 16.4. The Kier molecular flexibility index (Phi) is 4.46. The van der Waals surface area contributed by atoms with Gasteiger partial charge in [0.2, 0.25) is 5.78 Å². The highest BCUT2D eigenvalue weighted by Gasteiger charge is 2.27. The van der Waals surface area contributed by atoms with Crippen LogP contribution in [0.2, 0.25) is 5.02 Å². The third-order valence-corrected chi connectivity index (χ3v) is 4.27. The fourth-order valence-electron chi connectivity index (χ4n) is 2.75. The number of ether oxygens (including phenoxy) is 2. The van der Waals surface area contributed by atoms with E-state index in [4.69, 9.17) is 21.1 Å². The van der Waals surface area contributed by atoms with Gasteiger partial charge in [-0.25, -0.2) is 0 Å². The van der Waals surface area contributed by atoms with Crippen LogP contribution in [-0.2, 0) is 6.61 Å². The highest BCUT2D eigenvalue weighted by molar-refractivity contribution is 6.30. The summed E-state index contributed by atoms with van der Waals surface area (Å²) < 4.78 is 11.5. The standard InChI is InChI=1S/C22H15ClO3/c23-17-8-4-7-16(11-17)14-25-18-9-10-19-20(13-18)26-21(22(19)24)12-15-5-2-1-3-6-15/h1-13H,14H2. The van der Waals surface area contributed by atoms with Crippen molar-refractivity contribution in [3.8, 4) is 11.5 Å². The summed E-state index contributed by atoms with van der Waals surface area (Å²) in [4.78, 5) is 12.5. The van der Waals surface area contributed by atoms with Crippen LogP contribution in [0.3, 0.4) is 0 Å². The summed E-state index contributed by atoms with van der Waals surface area (Å²) >= 11 is 5.98. The molecular weight excluding hydrogens is 348 g/mol. The number of Topliss-reactive ketones (excluding diaryl/α,β-unsaturated/α-hetero) is 1. The van der Waals surface area contributed by atoms with Crippen LogP contribution >= 0.6 is 11.6 Å². The second-order valence-corrected chi connectivity index (χ2v) is 6.36. The second kappa shape index (κ2) is 7.06. The first-order valence-corrected chi connectivity index (χ1v) is 8.57. The molecule has 0 fully saturated rings. The number of carbonyl (C=O) groups excluding carboxylic acids is 1. The molecule has 1 aliphatic heterocycles. The Labute approximate surface area is 156 Å². The normalized spacial score (nSPS) is 14.2. The summed E-state index contributed by atoms with van der Waals surface area (Å²) in [7, 11) is 0. The second-order valence-electron chi connectivity index (χ2n) is 5.93. The fourth-order valence-corrected chi connectivity index (χ4v) is 2.96. The lowest BCUT2D eigenvalue weighted by molar-refractivity contribution is 0.101. The van der Waals surface area contributed by atoms with Gasteiger partial charge in [0, 0.05) is 11.1 Å². The predicted octanol–water partition coefficient (Wildman–Crippen LogP) is 5.54. The maximum atomic E-state index is 12.5. The molecule has 0 saturated heterocycles. The summed E-state index contributed by atoms with van der Waals surface area (Å²) in [5, 5.41) is 0.671. The van der Waals surface area contributed by atoms with E-state index in [-0.39, 0.29) is 5.78 Å². The van der Waals surface area contributed by atoms with E-state index >= 15 is 0 Å². The monoisotopic (exact) mass is 362 g/mol. The number of rotatable bonds is 4. The number of allylic oxidation sites excluding steroid dienone is 1. The van der Waals surface area contributed by atoms with E-state index in [0.717, 1.165) is 11.1 Å². The lowest BCUT2D eigenvalue weighted by Crippen LogP contribution is -1.97. The molecule has 3 aromatic carbocycles. The highest BCUT2D eigenvalue weighted by Crippen LogP contribution is 2.35. The van der Waals surface area contributed by atoms with Crippen molar-refractivity contribution in [1.29, 1.82) is 0 Å². The van der Waals surface area contributed by atoms with E-state index in [2.05, 4.69) is 0 Å². The zero-order valence-electron chi connectivity index (χ0n) is 13.8. The molecule has 0 unspecified atom stereocenters. The Morgan fingerprint density at radius 3 is 2.62 bits per heavy atom. The first-order chi connectivity index (χ1) is 12.7. The minimum Gasteiger partial charge on any atom is -0.489 e. The van der Waals surface area contributed by atoms with Crippen molar-refractivity contribution in [2.45, 2.75) is 6.61 Å². The Balaban J connectivity index is 1.51. The zero-order chi connectivity index (χ0) is 17.9. The van der Waals surface area contributed by atoms with Crippen LogP contribution < -0.4 is 9.47 Å². The Morgan fingerprint density at radius 1 is 0.962 bits per heavy atom. The van der Waals surface area contributed by atoms with E-state index in [1.807, 2.05) is 54.6 Å². The van der Waals surface area contributed by atoms with Crippen LogP contribution in [0.4, 0.5) is 0 Å². The van der Waals surface area contributed by atoms with Gasteiger partial charge in [0.15, 0.2) is 5.76 Å². The van der Waals surface area contributed by atoms with Gasteiger partial charge in [-0.1, -0.05) is 54.1 Å². The topological polar surface area (TPSA) is 35.5 Å². The smallest absolute Gasteiger partial charge is 0.231 e. The van der Waals surface area contributed by atoms with E-state index in [0.29, 0.717) is 34.5 Å². The molecule has 0 radical (unpaired) electrons. The summed E-state index contributed by atoms with van der Waals surface area (Å²) in [6, 6.07) is 22.4. The van der Waals surface area contributed by atoms with Crippen molar-refractivity contribution in [2.24, 2.45) is 0 Å². The highest BCUT2D eigenvalue weighted by atomic mass is 35.5. The van der Waals surface area contributed by atoms with Crippen molar-refractivity contribution in [1.82, 2.24) is 0 Å². The average molecular weight is 363 g/mol. The third-order valence-electron chi connectivity index (χ3n) is 4.03. The number of ketones is 1. The van der Waals surface area contributed by atoms with E-state index in [9.17, 15) is 4.79 Å². The number of carbonyl (C=O) groups is 1. The van der Waals surface area contributed by atoms with Crippen molar-refractivity contribution >= 4 is 23.5 Å². The third kappa shape index (κ3) is 3.48. The van der Waals surface area contributed by atoms with E-state index < -0.39 is 0 Å². The summed E-state index contributed by atoms with van der Waals surface area (Å²) in [6.07, 6.45) is 1.74. The minimum atomic E-state index is -0.120. The molecule has 0 aromatic heterocycles. The van der Waals surface area contributed by atoms with Gasteiger partial charge < -0.3 is 9.47 Å². The predicted molar refractivity (Wildman–Crippen MR) is 102 cm³/mol. The van der Waals surface area contributed by atoms with Gasteiger partial charge in [-0.05, 0) is 41.5 Å². The van der Waals surface area contributed by atoms with Gasteiger partial charge in [0.05, 0.1) is 5.56 Å². The molecule has 0 aliphatic carbocycles. The number of hydrogen-bond donors (Lipinski definition) is 0. The number of benzene rings is 3. The molecule has 0 amide bonds. The minimum absolute atomic E-state index is 0.120. The van der Waals surface area contributed by atoms with Crippen molar-refractivity contribution in [2.75, 3.05) is 0 Å². The molecule has 1 aliphatic rings. The van der Waals surface area contributed by atoms with Crippen molar-refractivity contribution in [3.63, 3.8) is 0 Å². The van der Waals surface area contributed by atoms with Crippen LogP contribution in [0.5, 0.6) is 11.5 Å². The average Bonchev–Trinajstić information content (AvgIpc) is 2.96. The molecule has 26 heavy (non-hydrogen) atoms. The van der Waals surface area contributed by atoms with Crippen LogP contribution in [0, 0.1) is 0 Å². The Bertz CT molecular complexity index is 993. The molecule has 4 heteroatoms. The van der Waals surface area contributed by atoms with Gasteiger partial charge in [-0.2, -0.15) is 0 Å². The fraction of sp³-hybridized carbons (Fsp3) is 0.0455. The summed E-state index contributed by atoms with van der Waals surface area (Å²) in [6.45, 7) is 0.389. The largest absolute Gasteiger partial charge is 0.489 e. The van der Waals surface area contributed by atoms with Crippen molar-refractivity contribution < 1.29 is 14.3 Å². The number of hydrogen-bond acceptors (Lipinski definition) is 3. The Hall–Kier alpha value is -3.04. The maximum absolute atomic E-state index is 12.5. The Morgan fingerprint density at radius 2 is 1.81 bits per heavy atom. The van der Waals surface area contributed by atoms with Gasteiger partial charge in [-0.15, -0.1) is 0 Å². The van der Waals surface area contributed by atoms with Gasteiger partial charge >= 0.3 is 0 Å². The van der Waals surface area contributed by atoms with Crippen LogP contribution in [-0.4, -0.2) is 5.78 Å².